The van der Waals surface area contributed by atoms with E-state index < -0.39 is 0 Å². The molecule has 0 aliphatic carbocycles. The molecule has 7 nitrogen and oxygen atoms in total. The molecular formula is C13H20N6O. The number of nitrogen functional groups attached to an aromatic ring is 1. The summed E-state index contributed by atoms with van der Waals surface area (Å²) in [4.78, 5) is 12.1. The largest absolute Gasteiger partial charge is 0.395 e. The fourth-order valence-corrected chi connectivity index (χ4v) is 2.16. The van der Waals surface area contributed by atoms with Gasteiger partial charge in [-0.3, -0.25) is 14.6 Å². The molecule has 0 spiro atoms. The number of rotatable bonds is 4. The Bertz CT molecular complexity index is 640. The van der Waals surface area contributed by atoms with Gasteiger partial charge in [0.25, 0.3) is 5.91 Å². The Morgan fingerprint density at radius 1 is 1.45 bits per heavy atom. The quantitative estimate of drug-likeness (QED) is 0.770. The Morgan fingerprint density at radius 3 is 2.65 bits per heavy atom. The van der Waals surface area contributed by atoms with Crippen molar-refractivity contribution in [3.05, 3.63) is 28.3 Å². The zero-order valence-corrected chi connectivity index (χ0v) is 12.2. The van der Waals surface area contributed by atoms with Gasteiger partial charge in [0.2, 0.25) is 0 Å². The number of H-pyrrole nitrogens is 1. The Balaban J connectivity index is 2.10. The summed E-state index contributed by atoms with van der Waals surface area (Å²) in [7, 11) is 1.88. The standard InChI is InChI=1S/C13H20N6O/c1-5-10-11(14)12(17-16-10)13(20)15-6-9-7(2)18-19(4)8(9)3/h5-6,14H2,1-4H3,(H,15,20)(H,16,17). The van der Waals surface area contributed by atoms with E-state index in [1.54, 1.807) is 4.68 Å². The Kier molecular flexibility index (Phi) is 3.78. The molecule has 2 rings (SSSR count). The molecule has 2 aromatic heterocycles. The first-order valence-electron chi connectivity index (χ1n) is 6.55. The Morgan fingerprint density at radius 2 is 2.15 bits per heavy atom. The topological polar surface area (TPSA) is 102 Å². The maximum Gasteiger partial charge on any atom is 0.274 e. The van der Waals surface area contributed by atoms with Crippen LogP contribution in [0.15, 0.2) is 0 Å². The lowest BCUT2D eigenvalue weighted by molar-refractivity contribution is 0.0946. The number of carbonyl (C=O) groups is 1. The van der Waals surface area contributed by atoms with E-state index in [0.717, 1.165) is 22.6 Å². The third kappa shape index (κ3) is 2.38. The summed E-state index contributed by atoms with van der Waals surface area (Å²) in [5.74, 6) is -0.277. The number of aromatic nitrogens is 4. The van der Waals surface area contributed by atoms with Gasteiger partial charge in [0.15, 0.2) is 5.69 Å². The van der Waals surface area contributed by atoms with E-state index in [0.29, 0.717) is 18.7 Å². The average molecular weight is 276 g/mol. The highest BCUT2D eigenvalue weighted by atomic mass is 16.1. The molecule has 0 aliphatic heterocycles. The number of hydrogen-bond acceptors (Lipinski definition) is 4. The second-order valence-corrected chi connectivity index (χ2v) is 4.77. The summed E-state index contributed by atoms with van der Waals surface area (Å²) in [6.07, 6.45) is 0.715. The van der Waals surface area contributed by atoms with Crippen LogP contribution in [-0.2, 0) is 20.0 Å². The van der Waals surface area contributed by atoms with Crippen molar-refractivity contribution in [3.8, 4) is 0 Å². The van der Waals surface area contributed by atoms with Crippen LogP contribution < -0.4 is 11.1 Å². The van der Waals surface area contributed by atoms with Gasteiger partial charge in [0.05, 0.1) is 17.1 Å². The number of nitrogens with zero attached hydrogens (tertiary/aromatic N) is 3. The zero-order chi connectivity index (χ0) is 14.9. The molecule has 4 N–H and O–H groups in total. The number of hydrogen-bond donors (Lipinski definition) is 3. The number of aromatic amines is 1. The molecule has 20 heavy (non-hydrogen) atoms. The minimum Gasteiger partial charge on any atom is -0.395 e. The van der Waals surface area contributed by atoms with Gasteiger partial charge >= 0.3 is 0 Å². The number of nitrogens with two attached hydrogens (primary N) is 1. The molecule has 7 heteroatoms. The number of nitrogens with one attached hydrogen (secondary N) is 2. The van der Waals surface area contributed by atoms with E-state index in [4.69, 9.17) is 5.73 Å². The van der Waals surface area contributed by atoms with Crippen LogP contribution in [0.4, 0.5) is 5.69 Å². The van der Waals surface area contributed by atoms with E-state index >= 15 is 0 Å². The Labute approximate surface area is 117 Å². The highest BCUT2D eigenvalue weighted by Gasteiger charge is 2.17. The molecule has 0 bridgehead atoms. The zero-order valence-electron chi connectivity index (χ0n) is 12.2. The van der Waals surface area contributed by atoms with Crippen LogP contribution in [-0.4, -0.2) is 25.9 Å². The molecule has 0 fully saturated rings. The van der Waals surface area contributed by atoms with Crippen molar-refractivity contribution in [2.75, 3.05) is 5.73 Å². The van der Waals surface area contributed by atoms with Crippen LogP contribution in [0.25, 0.3) is 0 Å². The fourth-order valence-electron chi connectivity index (χ4n) is 2.16. The van der Waals surface area contributed by atoms with Gasteiger partial charge in [-0.25, -0.2) is 0 Å². The van der Waals surface area contributed by atoms with E-state index in [1.807, 2.05) is 27.8 Å². The highest BCUT2D eigenvalue weighted by Crippen LogP contribution is 2.15. The number of anilines is 1. The van der Waals surface area contributed by atoms with Crippen molar-refractivity contribution in [1.82, 2.24) is 25.3 Å². The molecule has 0 saturated heterocycles. The predicted octanol–water partition coefficient (Wildman–Crippen LogP) is 0.835. The summed E-state index contributed by atoms with van der Waals surface area (Å²) in [6, 6.07) is 0. The first-order valence-corrected chi connectivity index (χ1v) is 6.55. The normalized spacial score (nSPS) is 10.8. The van der Waals surface area contributed by atoms with Gasteiger partial charge in [-0.05, 0) is 20.3 Å². The summed E-state index contributed by atoms with van der Waals surface area (Å²) in [5.41, 5.74) is 10.3. The first-order chi connectivity index (χ1) is 9.45. The van der Waals surface area contributed by atoms with Gasteiger partial charge in [-0.1, -0.05) is 6.92 Å². The number of amides is 1. The van der Waals surface area contributed by atoms with Gasteiger partial charge in [0, 0.05) is 24.8 Å². The van der Waals surface area contributed by atoms with Crippen molar-refractivity contribution in [2.24, 2.45) is 7.05 Å². The van der Waals surface area contributed by atoms with Gasteiger partial charge < -0.3 is 11.1 Å². The monoisotopic (exact) mass is 276 g/mol. The molecule has 0 radical (unpaired) electrons. The van der Waals surface area contributed by atoms with E-state index in [1.165, 1.54) is 0 Å². The maximum absolute atomic E-state index is 12.1. The highest BCUT2D eigenvalue weighted by molar-refractivity contribution is 5.97. The molecule has 0 atom stereocenters. The van der Waals surface area contributed by atoms with Crippen molar-refractivity contribution < 1.29 is 4.79 Å². The summed E-state index contributed by atoms with van der Waals surface area (Å²) in [6.45, 7) is 6.26. The SMILES string of the molecule is CCc1[nH]nc(C(=O)NCc2c(C)nn(C)c2C)c1N. The van der Waals surface area contributed by atoms with Crippen molar-refractivity contribution >= 4 is 11.6 Å². The lowest BCUT2D eigenvalue weighted by Crippen LogP contribution is -2.24. The average Bonchev–Trinajstić information content (AvgIpc) is 2.89. The van der Waals surface area contributed by atoms with Crippen LogP contribution >= 0.6 is 0 Å². The maximum atomic E-state index is 12.1. The summed E-state index contributed by atoms with van der Waals surface area (Å²) >= 11 is 0. The van der Waals surface area contributed by atoms with E-state index in [9.17, 15) is 4.79 Å². The summed E-state index contributed by atoms with van der Waals surface area (Å²) in [5, 5.41) is 13.9. The van der Waals surface area contributed by atoms with Crippen LogP contribution in [0.2, 0.25) is 0 Å². The van der Waals surface area contributed by atoms with Crippen LogP contribution in [0.3, 0.4) is 0 Å². The molecule has 2 aromatic rings. The van der Waals surface area contributed by atoms with Crippen molar-refractivity contribution in [1.29, 1.82) is 0 Å². The molecule has 0 unspecified atom stereocenters. The number of aryl methyl sites for hydroxylation is 3. The minimum absolute atomic E-state index is 0.251. The molecule has 1 amide bonds. The summed E-state index contributed by atoms with van der Waals surface area (Å²) < 4.78 is 1.80. The van der Waals surface area contributed by atoms with E-state index in [2.05, 4.69) is 20.6 Å². The van der Waals surface area contributed by atoms with Gasteiger partial charge in [-0.15, -0.1) is 0 Å². The predicted molar refractivity (Wildman–Crippen MR) is 76.2 cm³/mol. The second-order valence-electron chi connectivity index (χ2n) is 4.77. The molecule has 0 aliphatic rings. The fraction of sp³-hybridized carbons (Fsp3) is 0.462. The third-order valence-corrected chi connectivity index (χ3v) is 3.54. The molecule has 108 valence electrons. The number of carbonyl (C=O) groups excluding carboxylic acids is 1. The lowest BCUT2D eigenvalue weighted by atomic mass is 10.2. The second kappa shape index (κ2) is 5.36. The smallest absolute Gasteiger partial charge is 0.274 e. The van der Waals surface area contributed by atoms with Crippen molar-refractivity contribution in [3.63, 3.8) is 0 Å². The lowest BCUT2D eigenvalue weighted by Gasteiger charge is -2.05. The van der Waals surface area contributed by atoms with Gasteiger partial charge in [-0.2, -0.15) is 10.2 Å². The van der Waals surface area contributed by atoms with Crippen molar-refractivity contribution in [2.45, 2.75) is 33.7 Å². The van der Waals surface area contributed by atoms with Gasteiger partial charge in [0.1, 0.15) is 0 Å². The molecule has 2 heterocycles. The molecule has 0 saturated carbocycles. The molecule has 0 aromatic carbocycles. The van der Waals surface area contributed by atoms with Crippen LogP contribution in [0.1, 0.15) is 40.1 Å². The molecular weight excluding hydrogens is 256 g/mol. The minimum atomic E-state index is -0.277. The Hall–Kier alpha value is -2.31. The van der Waals surface area contributed by atoms with Crippen LogP contribution in [0, 0.1) is 13.8 Å². The van der Waals surface area contributed by atoms with Crippen LogP contribution in [0.5, 0.6) is 0 Å². The van der Waals surface area contributed by atoms with E-state index in [-0.39, 0.29) is 11.6 Å². The third-order valence-electron chi connectivity index (χ3n) is 3.54. The first kappa shape index (κ1) is 14.1.